The molecule has 0 aliphatic heterocycles. The number of fused-ring (bicyclic) bond motifs is 3. The number of para-hydroxylation sites is 1. The Bertz CT molecular complexity index is 2090. The van der Waals surface area contributed by atoms with Crippen LogP contribution >= 0.6 is 0 Å². The maximum Gasteiger partial charge on any atom is 0.120 e. The normalized spacial score (nSPS) is 10.6. The van der Waals surface area contributed by atoms with E-state index in [9.17, 15) is 0 Å². The van der Waals surface area contributed by atoms with Crippen LogP contribution in [-0.2, 0) is 26.5 Å². The topological polar surface area (TPSA) is 38.9 Å². The zero-order chi connectivity index (χ0) is 29.6. The monoisotopic (exact) mass is 757 g/mol. The van der Waals surface area contributed by atoms with Crippen LogP contribution in [0.2, 0.25) is 0 Å². The maximum absolute atomic E-state index is 5.97. The van der Waals surface area contributed by atoms with Gasteiger partial charge in [0.2, 0.25) is 0 Å². The van der Waals surface area contributed by atoms with Gasteiger partial charge in [0.1, 0.15) is 5.58 Å². The number of hydrogen-bond acceptors (Lipinski definition) is 3. The van der Waals surface area contributed by atoms with Gasteiger partial charge in [-0.2, -0.15) is 0 Å². The zero-order valence-electron chi connectivity index (χ0n) is 24.4. The van der Waals surface area contributed by atoms with Crippen molar-refractivity contribution in [3.63, 3.8) is 0 Å². The van der Waals surface area contributed by atoms with Crippen LogP contribution in [-0.4, -0.2) is 9.97 Å². The molecule has 3 aromatic heterocycles. The first-order valence-corrected chi connectivity index (χ1v) is 14.6. The van der Waals surface area contributed by atoms with Gasteiger partial charge in [-0.3, -0.25) is 0 Å². The molecule has 0 fully saturated rings. The van der Waals surface area contributed by atoms with Crippen LogP contribution in [0.25, 0.3) is 55.6 Å². The van der Waals surface area contributed by atoms with Crippen LogP contribution in [0.5, 0.6) is 0 Å². The summed E-state index contributed by atoms with van der Waals surface area (Å²) in [5.41, 5.74) is 10.5. The van der Waals surface area contributed by atoms with E-state index in [0.717, 1.165) is 56.4 Å². The van der Waals surface area contributed by atoms with E-state index >= 15 is 0 Å². The molecule has 219 valence electrons. The Morgan fingerprint density at radius 3 is 2.11 bits per heavy atom. The Labute approximate surface area is 276 Å². The molecule has 1 radical (unpaired) electrons. The molecule has 0 bridgehead atoms. The van der Waals surface area contributed by atoms with E-state index in [4.69, 9.17) is 9.40 Å². The third-order valence-electron chi connectivity index (χ3n) is 7.55. The molecule has 8 aromatic rings. The Hall–Kier alpha value is -5.15. The molecule has 0 amide bonds. The summed E-state index contributed by atoms with van der Waals surface area (Å²) >= 11 is 0. The average molecular weight is 757 g/mol. The molecule has 0 saturated carbocycles. The molecule has 0 N–H and O–H groups in total. The fraction of sp³-hybridized carbons (Fsp3) is 0.0244. The Kier molecular flexibility index (Phi) is 9.36. The van der Waals surface area contributed by atoms with Gasteiger partial charge in [0.15, 0.2) is 0 Å². The molecule has 0 saturated heterocycles. The van der Waals surface area contributed by atoms with Crippen molar-refractivity contribution in [1.82, 2.24) is 9.97 Å². The molecule has 8 rings (SSSR count). The number of furan rings is 1. The van der Waals surface area contributed by atoms with Crippen LogP contribution in [0.4, 0.5) is 0 Å². The van der Waals surface area contributed by atoms with Gasteiger partial charge in [0, 0.05) is 43.4 Å². The van der Waals surface area contributed by atoms with Gasteiger partial charge >= 0.3 is 0 Å². The summed E-state index contributed by atoms with van der Waals surface area (Å²) in [6.07, 6.45) is 4.63. The van der Waals surface area contributed by atoms with Gasteiger partial charge in [-0.15, -0.1) is 59.7 Å². The summed E-state index contributed by atoms with van der Waals surface area (Å²) in [6.45, 7) is 0. The predicted octanol–water partition coefficient (Wildman–Crippen LogP) is 10.3. The van der Waals surface area contributed by atoms with Gasteiger partial charge in [0.25, 0.3) is 0 Å². The van der Waals surface area contributed by atoms with Crippen molar-refractivity contribution in [2.75, 3.05) is 0 Å². The SMILES string of the molecule is [Ir].[c-]1cc2oc3ccccc3c2cc1-c1cc(Cc2ccccc2)c(-c2ccccc2)cn1.[c-]1ccccc1-c1ccccn1. The van der Waals surface area contributed by atoms with Crippen molar-refractivity contribution in [3.8, 4) is 33.6 Å². The predicted molar refractivity (Wildman–Crippen MR) is 179 cm³/mol. The molecule has 3 nitrogen and oxygen atoms in total. The summed E-state index contributed by atoms with van der Waals surface area (Å²) in [7, 11) is 0. The number of aromatic nitrogens is 2. The first kappa shape index (κ1) is 29.9. The average Bonchev–Trinajstić information content (AvgIpc) is 3.48. The number of pyridine rings is 2. The molecule has 0 spiro atoms. The quantitative estimate of drug-likeness (QED) is 0.164. The Balaban J connectivity index is 0.000000231. The van der Waals surface area contributed by atoms with Gasteiger partial charge < -0.3 is 14.4 Å². The fourth-order valence-corrected chi connectivity index (χ4v) is 5.38. The molecular weight excluding hydrogens is 729 g/mol. The molecule has 0 aliphatic rings. The second-order valence-corrected chi connectivity index (χ2v) is 10.5. The first-order chi connectivity index (χ1) is 21.8. The zero-order valence-corrected chi connectivity index (χ0v) is 26.7. The van der Waals surface area contributed by atoms with Crippen molar-refractivity contribution in [1.29, 1.82) is 0 Å². The number of hydrogen-bond donors (Lipinski definition) is 0. The Morgan fingerprint density at radius 2 is 1.33 bits per heavy atom. The minimum atomic E-state index is 0. The van der Waals surface area contributed by atoms with Crippen molar-refractivity contribution >= 4 is 21.9 Å². The van der Waals surface area contributed by atoms with E-state index in [1.807, 2.05) is 79.0 Å². The van der Waals surface area contributed by atoms with Crippen LogP contribution in [0.15, 0.2) is 162 Å². The van der Waals surface area contributed by atoms with Crippen molar-refractivity contribution in [3.05, 3.63) is 181 Å². The van der Waals surface area contributed by atoms with E-state index in [0.29, 0.717) is 0 Å². The Morgan fingerprint density at radius 1 is 0.578 bits per heavy atom. The van der Waals surface area contributed by atoms with E-state index in [-0.39, 0.29) is 20.1 Å². The summed E-state index contributed by atoms with van der Waals surface area (Å²) in [5.74, 6) is 0. The van der Waals surface area contributed by atoms with E-state index < -0.39 is 0 Å². The van der Waals surface area contributed by atoms with Crippen LogP contribution in [0.3, 0.4) is 0 Å². The van der Waals surface area contributed by atoms with E-state index in [2.05, 4.69) is 89.9 Å². The summed E-state index contributed by atoms with van der Waals surface area (Å²) < 4.78 is 5.97. The molecule has 45 heavy (non-hydrogen) atoms. The molecule has 0 aliphatic carbocycles. The van der Waals surface area contributed by atoms with Crippen LogP contribution < -0.4 is 0 Å². The van der Waals surface area contributed by atoms with Gasteiger partial charge in [-0.25, -0.2) is 0 Å². The molecular formula is C41H28IrN2O-2. The van der Waals surface area contributed by atoms with Crippen LogP contribution in [0.1, 0.15) is 11.1 Å². The maximum atomic E-state index is 5.97. The second-order valence-electron chi connectivity index (χ2n) is 10.5. The summed E-state index contributed by atoms with van der Waals surface area (Å²) in [6, 6.07) is 55.6. The van der Waals surface area contributed by atoms with Crippen molar-refractivity contribution in [2.45, 2.75) is 6.42 Å². The van der Waals surface area contributed by atoms with Crippen molar-refractivity contribution < 1.29 is 24.5 Å². The van der Waals surface area contributed by atoms with E-state index in [1.165, 1.54) is 16.7 Å². The molecule has 0 atom stereocenters. The number of nitrogens with zero attached hydrogens (tertiary/aromatic N) is 2. The standard InChI is InChI=1S/C30H20NO.C11H8N.Ir/c1-3-9-21(10-4-1)17-24-19-28(31-20-27(24)22-11-5-2-6-12-22)23-15-16-30-26(18-23)25-13-7-8-14-29(25)32-30;1-2-6-10(7-3-1)11-8-4-5-9-12-11;/h1-14,16,18-20H,17H2;1-6,8-9H;/q2*-1;. The number of rotatable bonds is 5. The first-order valence-electron chi connectivity index (χ1n) is 14.6. The molecule has 0 unspecified atom stereocenters. The van der Waals surface area contributed by atoms with Crippen molar-refractivity contribution in [2.24, 2.45) is 0 Å². The molecule has 3 heterocycles. The summed E-state index contributed by atoms with van der Waals surface area (Å²) in [5, 5.41) is 2.20. The largest absolute Gasteiger partial charge is 0.500 e. The van der Waals surface area contributed by atoms with Gasteiger partial charge in [0.05, 0.1) is 5.58 Å². The second kappa shape index (κ2) is 14.1. The van der Waals surface area contributed by atoms with Gasteiger partial charge in [-0.1, -0.05) is 102 Å². The molecule has 4 heteroatoms. The fourth-order valence-electron chi connectivity index (χ4n) is 5.38. The molecule has 5 aromatic carbocycles. The third kappa shape index (κ3) is 6.84. The van der Waals surface area contributed by atoms with Crippen LogP contribution in [0, 0.1) is 12.1 Å². The summed E-state index contributed by atoms with van der Waals surface area (Å²) in [4.78, 5) is 9.05. The number of benzene rings is 5. The minimum Gasteiger partial charge on any atom is -0.500 e. The smallest absolute Gasteiger partial charge is 0.120 e. The minimum absolute atomic E-state index is 0. The third-order valence-corrected chi connectivity index (χ3v) is 7.55. The van der Waals surface area contributed by atoms with Gasteiger partial charge in [-0.05, 0) is 46.6 Å². The van der Waals surface area contributed by atoms with E-state index in [1.54, 1.807) is 6.20 Å².